The number of hydrogen-bond donors (Lipinski definition) is 1. The summed E-state index contributed by atoms with van der Waals surface area (Å²) in [4.78, 5) is 14.8. The number of nitrogens with zero attached hydrogens (tertiary/aromatic N) is 4. The van der Waals surface area contributed by atoms with Crippen LogP contribution >= 0.6 is 11.6 Å². The third kappa shape index (κ3) is 4.05. The molecule has 1 atom stereocenters. The fraction of sp³-hybridized carbons (Fsp3) is 0.143. The molecule has 2 heterocycles. The van der Waals surface area contributed by atoms with Gasteiger partial charge in [0.25, 0.3) is 5.91 Å². The van der Waals surface area contributed by atoms with Gasteiger partial charge in [-0.05, 0) is 18.6 Å². The van der Waals surface area contributed by atoms with Gasteiger partial charge in [-0.1, -0.05) is 65.3 Å². The zero-order valence-electron chi connectivity index (χ0n) is 15.6. The van der Waals surface area contributed by atoms with Crippen LogP contribution in [0.3, 0.4) is 0 Å². The van der Waals surface area contributed by atoms with Crippen LogP contribution in [0.2, 0.25) is 5.02 Å². The number of carbonyl (C=O) groups is 1. The van der Waals surface area contributed by atoms with E-state index in [1.54, 1.807) is 31.5 Å². The van der Waals surface area contributed by atoms with E-state index in [0.717, 1.165) is 5.56 Å². The first-order valence-corrected chi connectivity index (χ1v) is 9.42. The van der Waals surface area contributed by atoms with Crippen molar-refractivity contribution in [2.24, 2.45) is 0 Å². The minimum absolute atomic E-state index is 0.306. The minimum Gasteiger partial charge on any atom is -0.360 e. The number of halogens is 1. The van der Waals surface area contributed by atoms with Crippen molar-refractivity contribution in [2.75, 3.05) is 0 Å². The molecule has 2 aromatic heterocycles. The van der Waals surface area contributed by atoms with Crippen molar-refractivity contribution in [1.29, 1.82) is 0 Å². The summed E-state index contributed by atoms with van der Waals surface area (Å²) in [6.07, 6.45) is 3.20. The first-order chi connectivity index (χ1) is 14.1. The van der Waals surface area contributed by atoms with Crippen LogP contribution in [0, 0.1) is 6.92 Å². The zero-order chi connectivity index (χ0) is 20.2. The predicted molar refractivity (Wildman–Crippen MR) is 108 cm³/mol. The molecule has 0 aliphatic heterocycles. The molecule has 0 saturated carbocycles. The molecule has 0 fully saturated rings. The lowest BCUT2D eigenvalue weighted by molar-refractivity contribution is 0.0930. The number of carbonyl (C=O) groups excluding carboxylic acids is 1. The zero-order valence-corrected chi connectivity index (χ0v) is 16.4. The predicted octanol–water partition coefficient (Wildman–Crippen LogP) is 4.07. The van der Waals surface area contributed by atoms with E-state index in [-0.39, 0.29) is 11.9 Å². The van der Waals surface area contributed by atoms with Gasteiger partial charge in [-0.3, -0.25) is 4.79 Å². The first-order valence-electron chi connectivity index (χ1n) is 9.04. The topological polar surface area (TPSA) is 85.8 Å². The molecule has 0 spiro atoms. The number of hydrogen-bond acceptors (Lipinski definition) is 5. The van der Waals surface area contributed by atoms with Gasteiger partial charge in [0.15, 0.2) is 0 Å². The fourth-order valence-electron chi connectivity index (χ4n) is 3.13. The molecule has 1 N–H and O–H groups in total. The van der Waals surface area contributed by atoms with Crippen LogP contribution in [0.4, 0.5) is 0 Å². The Balaban J connectivity index is 1.67. The highest BCUT2D eigenvalue weighted by atomic mass is 35.5. The van der Waals surface area contributed by atoms with Crippen molar-refractivity contribution in [3.63, 3.8) is 0 Å². The third-order valence-electron chi connectivity index (χ3n) is 4.54. The van der Waals surface area contributed by atoms with Crippen molar-refractivity contribution in [2.45, 2.75) is 19.5 Å². The Bertz CT molecular complexity index is 1110. The summed E-state index contributed by atoms with van der Waals surface area (Å²) in [5.41, 5.74) is 2.34. The van der Waals surface area contributed by atoms with E-state index < -0.39 is 0 Å². The van der Waals surface area contributed by atoms with Crippen molar-refractivity contribution < 1.29 is 9.32 Å². The van der Waals surface area contributed by atoms with Crippen LogP contribution in [-0.4, -0.2) is 26.1 Å². The molecule has 0 aliphatic rings. The van der Waals surface area contributed by atoms with Crippen molar-refractivity contribution in [3.05, 3.63) is 88.9 Å². The number of amides is 1. The number of aryl methyl sites for hydroxylation is 1. The summed E-state index contributed by atoms with van der Waals surface area (Å²) < 4.78 is 5.32. The smallest absolute Gasteiger partial charge is 0.257 e. The van der Waals surface area contributed by atoms with E-state index in [4.69, 9.17) is 16.1 Å². The molecule has 4 aromatic rings. The second-order valence-corrected chi connectivity index (χ2v) is 6.87. The number of rotatable bonds is 6. The molecular formula is C21H18ClN5O2. The Kier molecular flexibility index (Phi) is 5.39. The summed E-state index contributed by atoms with van der Waals surface area (Å²) >= 11 is 6.31. The highest BCUT2D eigenvalue weighted by Crippen LogP contribution is 2.31. The molecule has 7 nitrogen and oxygen atoms in total. The minimum atomic E-state index is -0.343. The van der Waals surface area contributed by atoms with Gasteiger partial charge in [0.2, 0.25) is 0 Å². The largest absolute Gasteiger partial charge is 0.360 e. The summed E-state index contributed by atoms with van der Waals surface area (Å²) in [7, 11) is 0. The van der Waals surface area contributed by atoms with Crippen LogP contribution in [0.15, 0.2) is 71.5 Å². The van der Waals surface area contributed by atoms with E-state index in [2.05, 4.69) is 20.7 Å². The molecule has 4 rings (SSSR count). The second-order valence-electron chi connectivity index (χ2n) is 6.46. The number of benzene rings is 2. The maximum Gasteiger partial charge on any atom is 0.257 e. The first kappa shape index (κ1) is 18.9. The van der Waals surface area contributed by atoms with Gasteiger partial charge in [-0.15, -0.1) is 0 Å². The average molecular weight is 408 g/mol. The van der Waals surface area contributed by atoms with Gasteiger partial charge < -0.3 is 9.84 Å². The average Bonchev–Trinajstić information content (AvgIpc) is 3.38. The van der Waals surface area contributed by atoms with Gasteiger partial charge in [0.1, 0.15) is 17.0 Å². The molecule has 1 unspecified atom stereocenters. The van der Waals surface area contributed by atoms with E-state index in [1.165, 1.54) is 4.80 Å². The molecule has 1 amide bonds. The molecule has 0 aliphatic carbocycles. The molecule has 2 aromatic carbocycles. The number of nitrogens with one attached hydrogen (secondary N) is 1. The van der Waals surface area contributed by atoms with E-state index in [0.29, 0.717) is 34.1 Å². The summed E-state index contributed by atoms with van der Waals surface area (Å²) in [5, 5.41) is 15.9. The van der Waals surface area contributed by atoms with Crippen LogP contribution in [0.25, 0.3) is 11.3 Å². The Hall–Kier alpha value is -3.45. The Labute approximate surface area is 172 Å². The molecule has 0 bridgehead atoms. The quantitative estimate of drug-likeness (QED) is 0.520. The van der Waals surface area contributed by atoms with Crippen molar-refractivity contribution in [1.82, 2.24) is 25.5 Å². The molecule has 0 saturated heterocycles. The Morgan fingerprint density at radius 3 is 2.52 bits per heavy atom. The van der Waals surface area contributed by atoms with E-state index >= 15 is 0 Å². The lowest BCUT2D eigenvalue weighted by Crippen LogP contribution is -2.32. The fourth-order valence-corrected chi connectivity index (χ4v) is 3.35. The summed E-state index contributed by atoms with van der Waals surface area (Å²) in [6, 6.07) is 16.5. The van der Waals surface area contributed by atoms with Crippen LogP contribution in [0.5, 0.6) is 0 Å². The van der Waals surface area contributed by atoms with Gasteiger partial charge in [0.05, 0.1) is 30.0 Å². The van der Waals surface area contributed by atoms with Crippen LogP contribution in [-0.2, 0) is 6.54 Å². The van der Waals surface area contributed by atoms with Crippen molar-refractivity contribution in [3.8, 4) is 11.3 Å². The SMILES string of the molecule is Cc1onc(-c2ccccc2Cl)c1C(=O)NC(Cn1nccn1)c1ccccc1. The van der Waals surface area contributed by atoms with Crippen LogP contribution in [0.1, 0.15) is 27.7 Å². The maximum absolute atomic E-state index is 13.2. The van der Waals surface area contributed by atoms with Gasteiger partial charge in [-0.25, -0.2) is 0 Å². The van der Waals surface area contributed by atoms with E-state index in [1.807, 2.05) is 42.5 Å². The van der Waals surface area contributed by atoms with Crippen molar-refractivity contribution >= 4 is 17.5 Å². The van der Waals surface area contributed by atoms with Gasteiger partial charge in [0, 0.05) is 5.56 Å². The lowest BCUT2D eigenvalue weighted by Gasteiger charge is -2.19. The highest BCUT2D eigenvalue weighted by molar-refractivity contribution is 6.33. The highest BCUT2D eigenvalue weighted by Gasteiger charge is 2.25. The molecule has 29 heavy (non-hydrogen) atoms. The molecule has 0 radical (unpaired) electrons. The molecular weight excluding hydrogens is 390 g/mol. The molecule has 8 heteroatoms. The molecule has 146 valence electrons. The summed E-state index contributed by atoms with van der Waals surface area (Å²) in [5.74, 6) is 0.112. The normalized spacial score (nSPS) is 11.9. The monoisotopic (exact) mass is 407 g/mol. The maximum atomic E-state index is 13.2. The van der Waals surface area contributed by atoms with Gasteiger partial charge >= 0.3 is 0 Å². The Morgan fingerprint density at radius 2 is 1.79 bits per heavy atom. The van der Waals surface area contributed by atoms with Crippen LogP contribution < -0.4 is 5.32 Å². The Morgan fingerprint density at radius 1 is 1.10 bits per heavy atom. The van der Waals surface area contributed by atoms with E-state index in [9.17, 15) is 4.79 Å². The third-order valence-corrected chi connectivity index (χ3v) is 4.87. The second kappa shape index (κ2) is 8.28. The summed E-state index contributed by atoms with van der Waals surface area (Å²) in [6.45, 7) is 2.09. The number of aromatic nitrogens is 4. The standard InChI is InChI=1S/C21H18ClN5O2/c1-14-19(20(26-29-14)16-9-5-6-10-17(16)22)21(28)25-18(13-27-23-11-12-24-27)15-7-3-2-4-8-15/h2-12,18H,13H2,1H3,(H,25,28). The van der Waals surface area contributed by atoms with Gasteiger partial charge in [-0.2, -0.15) is 15.0 Å². The lowest BCUT2D eigenvalue weighted by atomic mass is 10.0.